The van der Waals surface area contributed by atoms with Crippen molar-refractivity contribution in [1.82, 2.24) is 4.83 Å². The van der Waals surface area contributed by atoms with Gasteiger partial charge in [-0.05, 0) is 26.0 Å². The molecule has 0 radical (unpaired) electrons. The van der Waals surface area contributed by atoms with Crippen LogP contribution < -0.4 is 10.6 Å². The van der Waals surface area contributed by atoms with Gasteiger partial charge in [0.15, 0.2) is 0 Å². The maximum atomic E-state index is 11.7. The van der Waals surface area contributed by atoms with Crippen LogP contribution in [0.1, 0.15) is 12.5 Å². The summed E-state index contributed by atoms with van der Waals surface area (Å²) >= 11 is 0. The number of hydrazone groups is 1. The van der Waals surface area contributed by atoms with Crippen LogP contribution in [0.4, 0.5) is 0 Å². The smallest absolute Gasteiger partial charge is 0.276 e. The third-order valence-electron chi connectivity index (χ3n) is 1.98. The van der Waals surface area contributed by atoms with Crippen LogP contribution in [0, 0.1) is 6.92 Å². The van der Waals surface area contributed by atoms with Crippen molar-refractivity contribution in [3.63, 3.8) is 0 Å². The zero-order chi connectivity index (χ0) is 12.2. The summed E-state index contributed by atoms with van der Waals surface area (Å²) in [5.41, 5.74) is 6.82. The Morgan fingerprint density at radius 3 is 2.44 bits per heavy atom. The number of nitrogens with one attached hydrogen (secondary N) is 1. The fraction of sp³-hybridized carbons (Fsp3) is 0.300. The number of sulfonamides is 1. The van der Waals surface area contributed by atoms with Crippen LogP contribution in [-0.2, 0) is 10.0 Å². The molecule has 0 fully saturated rings. The summed E-state index contributed by atoms with van der Waals surface area (Å²) in [7, 11) is -3.58. The zero-order valence-corrected chi connectivity index (χ0v) is 10.1. The highest BCUT2D eigenvalue weighted by molar-refractivity contribution is 7.89. The molecular weight excluding hydrogens is 226 g/mol. The highest BCUT2D eigenvalue weighted by Gasteiger charge is 2.11. The van der Waals surface area contributed by atoms with E-state index in [4.69, 9.17) is 5.73 Å². The van der Waals surface area contributed by atoms with Gasteiger partial charge >= 0.3 is 0 Å². The van der Waals surface area contributed by atoms with Crippen LogP contribution in [0.15, 0.2) is 34.3 Å². The lowest BCUT2D eigenvalue weighted by Gasteiger charge is -2.04. The Labute approximate surface area is 95.4 Å². The van der Waals surface area contributed by atoms with Crippen LogP contribution in [0.2, 0.25) is 0 Å². The number of hydrogen-bond acceptors (Lipinski definition) is 4. The van der Waals surface area contributed by atoms with Gasteiger partial charge in [0.2, 0.25) is 0 Å². The summed E-state index contributed by atoms with van der Waals surface area (Å²) in [5, 5.41) is 3.67. The first-order valence-corrected chi connectivity index (χ1v) is 6.26. The van der Waals surface area contributed by atoms with Crippen molar-refractivity contribution in [3.05, 3.63) is 29.8 Å². The molecule has 1 aromatic rings. The van der Waals surface area contributed by atoms with Crippen molar-refractivity contribution in [1.29, 1.82) is 0 Å². The Balaban J connectivity index is 2.91. The van der Waals surface area contributed by atoms with Gasteiger partial charge in [0, 0.05) is 12.3 Å². The van der Waals surface area contributed by atoms with Gasteiger partial charge in [0.05, 0.1) is 4.90 Å². The van der Waals surface area contributed by atoms with Gasteiger partial charge in [-0.1, -0.05) is 17.7 Å². The first kappa shape index (κ1) is 12.7. The normalized spacial score (nSPS) is 12.6. The quantitative estimate of drug-likeness (QED) is 0.598. The van der Waals surface area contributed by atoms with Crippen molar-refractivity contribution in [3.8, 4) is 0 Å². The number of hydrogen-bond donors (Lipinski definition) is 2. The van der Waals surface area contributed by atoms with Crippen molar-refractivity contribution >= 4 is 15.7 Å². The predicted octanol–water partition coefficient (Wildman–Crippen LogP) is 0.608. The number of nitrogens with zero attached hydrogens (tertiary/aromatic N) is 1. The number of nitrogens with two attached hydrogens (primary N) is 1. The molecular formula is C10H15N3O2S. The Bertz CT molecular complexity index is 477. The second-order valence-corrected chi connectivity index (χ2v) is 5.12. The average Bonchev–Trinajstić information content (AvgIpc) is 2.26. The van der Waals surface area contributed by atoms with E-state index in [-0.39, 0.29) is 11.4 Å². The van der Waals surface area contributed by atoms with Gasteiger partial charge in [-0.3, -0.25) is 0 Å². The first-order valence-electron chi connectivity index (χ1n) is 4.77. The summed E-state index contributed by atoms with van der Waals surface area (Å²) in [6.07, 6.45) is 0. The van der Waals surface area contributed by atoms with Crippen LogP contribution in [-0.4, -0.2) is 20.7 Å². The molecule has 0 aliphatic rings. The van der Waals surface area contributed by atoms with Crippen molar-refractivity contribution in [2.24, 2.45) is 10.8 Å². The minimum absolute atomic E-state index is 0.187. The molecule has 5 nitrogen and oxygen atoms in total. The molecule has 0 amide bonds. The van der Waals surface area contributed by atoms with E-state index >= 15 is 0 Å². The van der Waals surface area contributed by atoms with E-state index in [9.17, 15) is 8.42 Å². The molecule has 0 spiro atoms. The Morgan fingerprint density at radius 1 is 1.38 bits per heavy atom. The van der Waals surface area contributed by atoms with Gasteiger partial charge in [0.1, 0.15) is 0 Å². The van der Waals surface area contributed by atoms with Gasteiger partial charge in [-0.15, -0.1) is 0 Å². The Morgan fingerprint density at radius 2 is 1.94 bits per heavy atom. The van der Waals surface area contributed by atoms with Crippen LogP contribution in [0.3, 0.4) is 0 Å². The summed E-state index contributed by atoms with van der Waals surface area (Å²) < 4.78 is 23.4. The maximum Gasteiger partial charge on any atom is 0.276 e. The molecule has 0 aliphatic carbocycles. The highest BCUT2D eigenvalue weighted by atomic mass is 32.2. The number of aryl methyl sites for hydroxylation is 1. The maximum absolute atomic E-state index is 11.7. The van der Waals surface area contributed by atoms with E-state index in [2.05, 4.69) is 9.93 Å². The first-order chi connectivity index (χ1) is 7.45. The van der Waals surface area contributed by atoms with E-state index in [1.807, 2.05) is 6.92 Å². The molecule has 0 saturated carbocycles. The van der Waals surface area contributed by atoms with E-state index in [1.54, 1.807) is 19.1 Å². The molecule has 3 N–H and O–H groups in total. The van der Waals surface area contributed by atoms with Gasteiger partial charge in [-0.25, -0.2) is 4.83 Å². The predicted molar refractivity (Wildman–Crippen MR) is 63.7 cm³/mol. The average molecular weight is 241 g/mol. The van der Waals surface area contributed by atoms with E-state index in [0.717, 1.165) is 5.56 Å². The molecule has 16 heavy (non-hydrogen) atoms. The highest BCUT2D eigenvalue weighted by Crippen LogP contribution is 2.09. The third-order valence-corrected chi connectivity index (χ3v) is 3.21. The van der Waals surface area contributed by atoms with Crippen molar-refractivity contribution in [2.45, 2.75) is 18.7 Å². The molecule has 0 heterocycles. The van der Waals surface area contributed by atoms with Crippen LogP contribution in [0.5, 0.6) is 0 Å². The van der Waals surface area contributed by atoms with Crippen molar-refractivity contribution < 1.29 is 8.42 Å². The summed E-state index contributed by atoms with van der Waals surface area (Å²) in [6.45, 7) is 3.76. The SMILES string of the molecule is C/C(CN)=N\NS(=O)(=O)c1ccc(C)cc1. The van der Waals surface area contributed by atoms with E-state index in [0.29, 0.717) is 5.71 Å². The number of benzene rings is 1. The molecule has 0 aromatic heterocycles. The molecule has 0 saturated heterocycles. The lowest BCUT2D eigenvalue weighted by atomic mass is 10.2. The molecule has 0 bridgehead atoms. The van der Waals surface area contributed by atoms with Gasteiger partial charge < -0.3 is 5.73 Å². The fourth-order valence-corrected chi connectivity index (χ4v) is 1.83. The molecule has 0 unspecified atom stereocenters. The lowest BCUT2D eigenvalue weighted by Crippen LogP contribution is -2.22. The van der Waals surface area contributed by atoms with Gasteiger partial charge in [0.25, 0.3) is 10.0 Å². The minimum Gasteiger partial charge on any atom is -0.325 e. The third kappa shape index (κ3) is 3.32. The van der Waals surface area contributed by atoms with Crippen molar-refractivity contribution in [2.75, 3.05) is 6.54 Å². The fourth-order valence-electron chi connectivity index (χ4n) is 0.954. The van der Waals surface area contributed by atoms with Gasteiger partial charge in [-0.2, -0.15) is 13.5 Å². The molecule has 1 rings (SSSR count). The van der Waals surface area contributed by atoms with E-state index in [1.165, 1.54) is 12.1 Å². The molecule has 6 heteroatoms. The van der Waals surface area contributed by atoms with Crippen LogP contribution in [0.25, 0.3) is 0 Å². The minimum atomic E-state index is -3.58. The largest absolute Gasteiger partial charge is 0.325 e. The Hall–Kier alpha value is -1.40. The van der Waals surface area contributed by atoms with E-state index < -0.39 is 10.0 Å². The monoisotopic (exact) mass is 241 g/mol. The lowest BCUT2D eigenvalue weighted by molar-refractivity contribution is 0.584. The molecule has 88 valence electrons. The second-order valence-electron chi connectivity index (χ2n) is 3.46. The summed E-state index contributed by atoms with van der Waals surface area (Å²) in [5.74, 6) is 0. The topological polar surface area (TPSA) is 84.5 Å². The summed E-state index contributed by atoms with van der Waals surface area (Å²) in [6, 6.07) is 6.53. The number of rotatable bonds is 4. The molecule has 1 aromatic carbocycles. The summed E-state index contributed by atoms with van der Waals surface area (Å²) in [4.78, 5) is 2.31. The zero-order valence-electron chi connectivity index (χ0n) is 9.27. The molecule has 0 atom stereocenters. The molecule has 0 aliphatic heterocycles. The second kappa shape index (κ2) is 5.09. The van der Waals surface area contributed by atoms with Crippen LogP contribution >= 0.6 is 0 Å². The standard InChI is InChI=1S/C10H15N3O2S/c1-8-3-5-10(6-4-8)16(14,15)13-12-9(2)7-11/h3-6,13H,7,11H2,1-2H3/b12-9+. The Kier molecular flexibility index (Phi) is 4.03.